The third-order valence-electron chi connectivity index (χ3n) is 11.1. The lowest BCUT2D eigenvalue weighted by Crippen LogP contribution is -2.60. The van der Waals surface area contributed by atoms with Gasteiger partial charge in [-0.15, -0.1) is 0 Å². The van der Waals surface area contributed by atoms with E-state index in [-0.39, 0.29) is 24.3 Å². The Hall–Kier alpha value is -5.48. The Kier molecular flexibility index (Phi) is 6.14. The van der Waals surface area contributed by atoms with Crippen molar-refractivity contribution in [3.63, 3.8) is 0 Å². The molecule has 2 aliphatic carbocycles. The van der Waals surface area contributed by atoms with E-state index in [1.807, 2.05) is 18.2 Å². The summed E-state index contributed by atoms with van der Waals surface area (Å²) in [7, 11) is 0. The van der Waals surface area contributed by atoms with E-state index in [1.54, 1.807) is 0 Å². The van der Waals surface area contributed by atoms with Gasteiger partial charge >= 0.3 is 0 Å². The van der Waals surface area contributed by atoms with Crippen molar-refractivity contribution in [2.75, 3.05) is 4.90 Å². The molecule has 3 nitrogen and oxygen atoms in total. The number of Topliss-reactive ketones (excluding diaryl/α,β-unsaturated/α-hetero) is 2. The van der Waals surface area contributed by atoms with E-state index in [0.717, 1.165) is 66.7 Å². The Bertz CT molecular complexity index is 2360. The number of nitrogens with zero attached hydrogens (tertiary/aromatic N) is 1. The van der Waals surface area contributed by atoms with E-state index < -0.39 is 0 Å². The van der Waals surface area contributed by atoms with Crippen molar-refractivity contribution in [1.82, 2.24) is 0 Å². The number of allylic oxidation sites excluding steroid dienone is 6. The van der Waals surface area contributed by atoms with Crippen LogP contribution in [0.25, 0.3) is 16.7 Å². The van der Waals surface area contributed by atoms with Crippen LogP contribution in [0.2, 0.25) is 0 Å². The van der Waals surface area contributed by atoms with Crippen LogP contribution in [0.4, 0.5) is 11.4 Å². The van der Waals surface area contributed by atoms with E-state index in [1.165, 1.54) is 27.8 Å². The molecule has 0 spiro atoms. The summed E-state index contributed by atoms with van der Waals surface area (Å²) in [6, 6.07) is 23.1. The first-order valence-corrected chi connectivity index (χ1v) is 16.8. The minimum Gasteiger partial charge on any atom is -0.330 e. The second kappa shape index (κ2) is 10.3. The highest BCUT2D eigenvalue weighted by Crippen LogP contribution is 2.46. The first-order valence-electron chi connectivity index (χ1n) is 16.8. The summed E-state index contributed by atoms with van der Waals surface area (Å²) in [5.74, 6) is 0.0630. The van der Waals surface area contributed by atoms with E-state index >= 15 is 0 Å². The van der Waals surface area contributed by atoms with Crippen LogP contribution in [0.15, 0.2) is 132 Å². The van der Waals surface area contributed by atoms with Gasteiger partial charge in [0.1, 0.15) is 0 Å². The van der Waals surface area contributed by atoms with Crippen molar-refractivity contribution in [3.05, 3.63) is 171 Å². The molecule has 4 aromatic rings. The fraction of sp³-hybridized carbons (Fsp3) is 0.136. The Labute approximate surface area is 282 Å². The van der Waals surface area contributed by atoms with Gasteiger partial charge in [0.2, 0.25) is 6.71 Å². The van der Waals surface area contributed by atoms with Crippen LogP contribution < -0.4 is 15.8 Å². The molecule has 0 radical (unpaired) electrons. The molecule has 1 atom stereocenters. The molecule has 0 N–H and O–H groups in total. The third kappa shape index (κ3) is 3.77. The third-order valence-corrected chi connectivity index (χ3v) is 11.1. The molecule has 0 saturated carbocycles. The largest absolute Gasteiger partial charge is 0.330 e. The molecule has 5 aliphatic rings. The number of aryl methyl sites for hydroxylation is 2. The van der Waals surface area contributed by atoms with Crippen LogP contribution >= 0.6 is 0 Å². The van der Waals surface area contributed by atoms with Crippen LogP contribution in [0.5, 0.6) is 0 Å². The Morgan fingerprint density at radius 1 is 0.771 bits per heavy atom. The minimum absolute atomic E-state index is 0.0283. The highest BCUT2D eigenvalue weighted by molar-refractivity contribution is 6.97. The lowest BCUT2D eigenvalue weighted by Gasteiger charge is -2.42. The van der Waals surface area contributed by atoms with Gasteiger partial charge in [0, 0.05) is 28.1 Å². The molecule has 4 heteroatoms. The van der Waals surface area contributed by atoms with Crippen LogP contribution in [-0.2, 0) is 0 Å². The molecule has 0 fully saturated rings. The van der Waals surface area contributed by atoms with Gasteiger partial charge in [-0.1, -0.05) is 97.5 Å². The second-order valence-corrected chi connectivity index (χ2v) is 13.7. The molecule has 0 bridgehead atoms. The fourth-order valence-electron chi connectivity index (χ4n) is 8.93. The van der Waals surface area contributed by atoms with Gasteiger partial charge in [-0.3, -0.25) is 9.59 Å². The van der Waals surface area contributed by atoms with Crippen molar-refractivity contribution in [1.29, 1.82) is 0 Å². The number of ketones is 2. The Morgan fingerprint density at radius 3 is 2.33 bits per heavy atom. The van der Waals surface area contributed by atoms with Crippen molar-refractivity contribution in [2.24, 2.45) is 0 Å². The average Bonchev–Trinajstić information content (AvgIpc) is 3.09. The number of carbonyl (C=O) groups is 2. The normalized spacial score (nSPS) is 18.4. The van der Waals surface area contributed by atoms with Crippen LogP contribution in [-0.4, -0.2) is 24.3 Å². The number of rotatable bonds is 4. The summed E-state index contributed by atoms with van der Waals surface area (Å²) in [5, 5.41) is 0. The standard InChI is InChI=1S/C44H34BNO2/c1-24-12-6-8-14-30(24)39-26(3)20-21-38(28(39)5)46(37-19-9-7-13-25(37)2)29-22-35-27(4)31-15-10-16-32-40(31)45-41-33(43(32)47)17-11-18-34(41)44(48)36(23-29)42(35)45/h6-10,12-17,19-23,37H,2,4,11,18H2,1,3,5H3. The molecule has 0 saturated heterocycles. The number of carbonyl (C=O) groups excluding carboxylic acids is 2. The molecule has 0 aromatic heterocycles. The SMILES string of the molecule is C=C1c2cccc3c2B2C4=C(CCC=C4C3=O)C(=O)c3cc(N(c4ccc(C)c(-c5ccccc5C)c4C)C4C=CC=CC4=C)cc1c32. The number of hydrogen-bond acceptors (Lipinski definition) is 3. The van der Waals surface area contributed by atoms with Gasteiger partial charge in [-0.2, -0.15) is 0 Å². The smallest absolute Gasteiger partial charge is 0.246 e. The number of hydrogen-bond donors (Lipinski definition) is 0. The highest BCUT2D eigenvalue weighted by Gasteiger charge is 2.50. The molecule has 48 heavy (non-hydrogen) atoms. The van der Waals surface area contributed by atoms with E-state index in [0.29, 0.717) is 18.4 Å². The van der Waals surface area contributed by atoms with Gasteiger partial charge < -0.3 is 4.90 Å². The summed E-state index contributed by atoms with van der Waals surface area (Å²) >= 11 is 0. The fourth-order valence-corrected chi connectivity index (χ4v) is 8.93. The van der Waals surface area contributed by atoms with E-state index in [9.17, 15) is 9.59 Å². The average molecular weight is 620 g/mol. The summed E-state index contributed by atoms with van der Waals surface area (Å²) in [4.78, 5) is 30.8. The zero-order chi connectivity index (χ0) is 33.0. The van der Waals surface area contributed by atoms with Crippen molar-refractivity contribution in [2.45, 2.75) is 39.7 Å². The topological polar surface area (TPSA) is 37.4 Å². The zero-order valence-corrected chi connectivity index (χ0v) is 27.5. The van der Waals surface area contributed by atoms with Gasteiger partial charge in [0.25, 0.3) is 0 Å². The maximum absolute atomic E-state index is 14.6. The Balaban J connectivity index is 1.33. The lowest BCUT2D eigenvalue weighted by atomic mass is 9.26. The maximum Gasteiger partial charge on any atom is 0.246 e. The molecule has 4 aromatic carbocycles. The van der Waals surface area contributed by atoms with E-state index in [2.05, 4.69) is 118 Å². The first kappa shape index (κ1) is 28.7. The molecule has 3 heterocycles. The van der Waals surface area contributed by atoms with Gasteiger partial charge in [-0.05, 0) is 118 Å². The first-order chi connectivity index (χ1) is 23.3. The summed E-state index contributed by atoms with van der Waals surface area (Å²) < 4.78 is 0. The molecule has 0 amide bonds. The number of anilines is 2. The predicted octanol–water partition coefficient (Wildman–Crippen LogP) is 8.40. The van der Waals surface area contributed by atoms with Crippen molar-refractivity contribution >= 4 is 46.2 Å². The second-order valence-electron chi connectivity index (χ2n) is 13.7. The lowest BCUT2D eigenvalue weighted by molar-refractivity contribution is 0.102. The summed E-state index contributed by atoms with van der Waals surface area (Å²) in [5.41, 5.74) is 17.7. The summed E-state index contributed by atoms with van der Waals surface area (Å²) in [6.45, 7) is 15.5. The Morgan fingerprint density at radius 2 is 1.52 bits per heavy atom. The van der Waals surface area contributed by atoms with Crippen molar-refractivity contribution in [3.8, 4) is 11.1 Å². The molecular weight excluding hydrogens is 585 g/mol. The number of benzene rings is 4. The van der Waals surface area contributed by atoms with Gasteiger partial charge in [0.15, 0.2) is 11.6 Å². The van der Waals surface area contributed by atoms with Gasteiger partial charge in [0.05, 0.1) is 6.04 Å². The molecule has 9 rings (SSSR count). The van der Waals surface area contributed by atoms with E-state index in [4.69, 9.17) is 0 Å². The zero-order valence-electron chi connectivity index (χ0n) is 27.5. The predicted molar refractivity (Wildman–Crippen MR) is 198 cm³/mol. The van der Waals surface area contributed by atoms with Crippen LogP contribution in [0, 0.1) is 20.8 Å². The monoisotopic (exact) mass is 619 g/mol. The van der Waals surface area contributed by atoms with Crippen LogP contribution in [0.3, 0.4) is 0 Å². The van der Waals surface area contributed by atoms with Crippen molar-refractivity contribution < 1.29 is 9.59 Å². The minimum atomic E-state index is -0.160. The molecule has 1 unspecified atom stereocenters. The molecule has 230 valence electrons. The van der Waals surface area contributed by atoms with Gasteiger partial charge in [-0.25, -0.2) is 0 Å². The molecular formula is C44H34BNO2. The quantitative estimate of drug-likeness (QED) is 0.215. The molecule has 3 aliphatic heterocycles. The van der Waals surface area contributed by atoms with Crippen LogP contribution in [0.1, 0.15) is 61.4 Å². The maximum atomic E-state index is 14.6. The highest BCUT2D eigenvalue weighted by atomic mass is 16.1. The summed E-state index contributed by atoms with van der Waals surface area (Å²) in [6.07, 6.45) is 11.7.